The van der Waals surface area contributed by atoms with Gasteiger partial charge in [0.25, 0.3) is 0 Å². The van der Waals surface area contributed by atoms with E-state index in [0.29, 0.717) is 12.8 Å². The van der Waals surface area contributed by atoms with Crippen molar-refractivity contribution in [1.29, 1.82) is 0 Å². The minimum absolute atomic E-state index is 0.0983. The molecular weight excluding hydrogens is 448 g/mol. The third kappa shape index (κ3) is 5.32. The predicted octanol–water partition coefficient (Wildman–Crippen LogP) is 3.69. The van der Waals surface area contributed by atoms with E-state index in [4.69, 9.17) is 9.47 Å². The maximum Gasteiger partial charge on any atom is 0.407 e. The number of hydrogen-bond donors (Lipinski definition) is 3. The zero-order chi connectivity index (χ0) is 24.9. The van der Waals surface area contributed by atoms with Gasteiger partial charge in [0.15, 0.2) is 0 Å². The molecule has 2 aliphatic rings. The van der Waals surface area contributed by atoms with E-state index in [9.17, 15) is 19.5 Å². The molecule has 0 aliphatic heterocycles. The predicted molar refractivity (Wildman–Crippen MR) is 130 cm³/mol. The Labute approximate surface area is 205 Å². The fourth-order valence-electron chi connectivity index (χ4n) is 5.17. The number of nitrogens with one attached hydrogen (secondary N) is 2. The summed E-state index contributed by atoms with van der Waals surface area (Å²) in [5, 5.41) is 15.0. The molecule has 0 spiro atoms. The quantitative estimate of drug-likeness (QED) is 0.531. The Morgan fingerprint density at radius 3 is 2.20 bits per heavy atom. The molecule has 2 aliphatic carbocycles. The number of aliphatic carboxylic acids is 1. The van der Waals surface area contributed by atoms with Crippen molar-refractivity contribution in [1.82, 2.24) is 10.6 Å². The lowest BCUT2D eigenvalue weighted by molar-refractivity contribution is -0.144. The van der Waals surface area contributed by atoms with Crippen LogP contribution in [0.4, 0.5) is 4.79 Å². The van der Waals surface area contributed by atoms with Gasteiger partial charge in [0.1, 0.15) is 12.6 Å². The average molecular weight is 481 g/mol. The highest BCUT2D eigenvalue weighted by Gasteiger charge is 2.36. The molecule has 8 nitrogen and oxygen atoms in total. The number of carbonyl (C=O) groups excluding carboxylic acids is 2. The van der Waals surface area contributed by atoms with E-state index in [-0.39, 0.29) is 12.5 Å². The van der Waals surface area contributed by atoms with Crippen molar-refractivity contribution in [3.05, 3.63) is 59.7 Å². The number of carboxylic acid groups (broad SMARTS) is 1. The Hall–Kier alpha value is -3.39. The van der Waals surface area contributed by atoms with Gasteiger partial charge in [0.2, 0.25) is 5.91 Å². The van der Waals surface area contributed by atoms with Gasteiger partial charge in [-0.3, -0.25) is 9.59 Å². The van der Waals surface area contributed by atoms with Gasteiger partial charge in [0, 0.05) is 19.1 Å². The van der Waals surface area contributed by atoms with Crippen LogP contribution in [-0.2, 0) is 19.1 Å². The second kappa shape index (κ2) is 10.9. The molecule has 8 heteroatoms. The third-order valence-electron chi connectivity index (χ3n) is 7.15. The van der Waals surface area contributed by atoms with Crippen LogP contribution in [0.15, 0.2) is 48.5 Å². The molecule has 2 aromatic rings. The number of ether oxygens (including phenoxy) is 2. The van der Waals surface area contributed by atoms with Crippen molar-refractivity contribution in [2.24, 2.45) is 5.92 Å². The van der Waals surface area contributed by atoms with Gasteiger partial charge < -0.3 is 25.2 Å². The number of methoxy groups -OCH3 is 1. The van der Waals surface area contributed by atoms with Gasteiger partial charge in [0.05, 0.1) is 12.0 Å². The Bertz CT molecular complexity index is 1040. The molecule has 4 rings (SSSR count). The molecule has 0 heterocycles. The van der Waals surface area contributed by atoms with Crippen molar-refractivity contribution in [2.45, 2.75) is 56.7 Å². The van der Waals surface area contributed by atoms with Crippen molar-refractivity contribution < 1.29 is 29.0 Å². The fraction of sp³-hybridized carbons (Fsp3) is 0.444. The van der Waals surface area contributed by atoms with E-state index in [1.54, 1.807) is 6.92 Å². The van der Waals surface area contributed by atoms with E-state index in [2.05, 4.69) is 22.8 Å². The van der Waals surface area contributed by atoms with Gasteiger partial charge in [-0.15, -0.1) is 0 Å². The van der Waals surface area contributed by atoms with E-state index < -0.39 is 42.1 Å². The highest BCUT2D eigenvalue weighted by Crippen LogP contribution is 2.44. The van der Waals surface area contributed by atoms with Gasteiger partial charge >= 0.3 is 12.1 Å². The minimum atomic E-state index is -1.02. The van der Waals surface area contributed by atoms with Gasteiger partial charge in [-0.1, -0.05) is 61.4 Å². The third-order valence-corrected chi connectivity index (χ3v) is 7.15. The van der Waals surface area contributed by atoms with Crippen LogP contribution < -0.4 is 10.6 Å². The monoisotopic (exact) mass is 480 g/mol. The smallest absolute Gasteiger partial charge is 0.407 e. The second-order valence-corrected chi connectivity index (χ2v) is 9.23. The van der Waals surface area contributed by atoms with Gasteiger partial charge in [-0.2, -0.15) is 0 Å². The van der Waals surface area contributed by atoms with Crippen LogP contribution in [0.25, 0.3) is 11.1 Å². The molecule has 35 heavy (non-hydrogen) atoms. The summed E-state index contributed by atoms with van der Waals surface area (Å²) in [7, 11) is 1.45. The summed E-state index contributed by atoms with van der Waals surface area (Å²) in [6.07, 6.45) is 1.40. The molecule has 0 saturated heterocycles. The van der Waals surface area contributed by atoms with Crippen LogP contribution >= 0.6 is 0 Å². The summed E-state index contributed by atoms with van der Waals surface area (Å²) in [6, 6.07) is 14.6. The van der Waals surface area contributed by atoms with Crippen LogP contribution in [0, 0.1) is 5.92 Å². The standard InChI is InChI=1S/C27H32N2O6/c1-16(34-2)24(25(30)28-23-14-8-7-13-21(23)26(31)32)29-27(33)35-15-22-19-11-5-3-9-17(19)18-10-4-6-12-20(18)22/h3-6,9-12,16,21-24H,7-8,13-15H2,1-2H3,(H,28,30)(H,29,33)(H,31,32)/t16-,21-,23+,24+/m1/s1. The van der Waals surface area contributed by atoms with Crippen molar-refractivity contribution in [3.63, 3.8) is 0 Å². The van der Waals surface area contributed by atoms with Crippen LogP contribution in [0.2, 0.25) is 0 Å². The van der Waals surface area contributed by atoms with E-state index in [0.717, 1.165) is 35.1 Å². The largest absolute Gasteiger partial charge is 0.481 e. The number of alkyl carbamates (subject to hydrolysis) is 1. The molecule has 4 atom stereocenters. The normalized spacial score (nSPS) is 20.7. The Morgan fingerprint density at radius 2 is 1.60 bits per heavy atom. The van der Waals surface area contributed by atoms with Crippen LogP contribution in [0.3, 0.4) is 0 Å². The van der Waals surface area contributed by atoms with Crippen molar-refractivity contribution in [3.8, 4) is 11.1 Å². The molecule has 0 unspecified atom stereocenters. The second-order valence-electron chi connectivity index (χ2n) is 9.23. The molecule has 0 aromatic heterocycles. The first-order chi connectivity index (χ1) is 16.9. The molecule has 1 saturated carbocycles. The maximum atomic E-state index is 13.0. The summed E-state index contributed by atoms with van der Waals surface area (Å²) in [5.74, 6) is -2.14. The number of benzene rings is 2. The maximum absolute atomic E-state index is 13.0. The van der Waals surface area contributed by atoms with Crippen LogP contribution in [0.1, 0.15) is 49.7 Å². The zero-order valence-electron chi connectivity index (χ0n) is 20.0. The molecule has 3 N–H and O–H groups in total. The van der Waals surface area contributed by atoms with E-state index in [1.807, 2.05) is 36.4 Å². The Morgan fingerprint density at radius 1 is 1.00 bits per heavy atom. The summed E-state index contributed by atoms with van der Waals surface area (Å²) in [6.45, 7) is 1.79. The lowest BCUT2D eigenvalue weighted by Crippen LogP contribution is -2.57. The number of rotatable bonds is 8. The van der Waals surface area contributed by atoms with Gasteiger partial charge in [-0.25, -0.2) is 4.79 Å². The molecular formula is C27H32N2O6. The lowest BCUT2D eigenvalue weighted by Gasteiger charge is -2.31. The topological polar surface area (TPSA) is 114 Å². The summed E-state index contributed by atoms with van der Waals surface area (Å²) < 4.78 is 10.9. The van der Waals surface area contributed by atoms with Crippen molar-refractivity contribution in [2.75, 3.05) is 13.7 Å². The lowest BCUT2D eigenvalue weighted by atomic mass is 9.84. The number of carboxylic acids is 1. The highest BCUT2D eigenvalue weighted by molar-refractivity contribution is 5.87. The molecule has 0 radical (unpaired) electrons. The Kier molecular flexibility index (Phi) is 7.70. The number of fused-ring (bicyclic) bond motifs is 3. The Balaban J connectivity index is 1.41. The SMILES string of the molecule is CO[C@H](C)[C@H](NC(=O)OCC1c2ccccc2-c2ccccc21)C(=O)N[C@H]1CCCC[C@H]1C(=O)O. The van der Waals surface area contributed by atoms with E-state index in [1.165, 1.54) is 7.11 Å². The summed E-state index contributed by atoms with van der Waals surface area (Å²) in [5.41, 5.74) is 4.45. The molecule has 0 bridgehead atoms. The fourth-order valence-corrected chi connectivity index (χ4v) is 5.17. The first-order valence-electron chi connectivity index (χ1n) is 12.1. The molecule has 2 aromatic carbocycles. The van der Waals surface area contributed by atoms with Gasteiger partial charge in [-0.05, 0) is 42.0 Å². The van der Waals surface area contributed by atoms with Crippen LogP contribution in [-0.4, -0.2) is 55.0 Å². The van der Waals surface area contributed by atoms with E-state index >= 15 is 0 Å². The first kappa shape index (κ1) is 24.7. The molecule has 186 valence electrons. The average Bonchev–Trinajstić information content (AvgIpc) is 3.19. The first-order valence-corrected chi connectivity index (χ1v) is 12.1. The zero-order valence-corrected chi connectivity index (χ0v) is 20.0. The summed E-state index contributed by atoms with van der Waals surface area (Å²) in [4.78, 5) is 37.4. The number of amides is 2. The minimum Gasteiger partial charge on any atom is -0.481 e. The molecule has 2 amide bonds. The highest BCUT2D eigenvalue weighted by atomic mass is 16.5. The van der Waals surface area contributed by atoms with Crippen LogP contribution in [0.5, 0.6) is 0 Å². The number of carbonyl (C=O) groups is 3. The summed E-state index contributed by atoms with van der Waals surface area (Å²) >= 11 is 0. The molecule has 1 fully saturated rings. The van der Waals surface area contributed by atoms with Crippen molar-refractivity contribution >= 4 is 18.0 Å². The number of hydrogen-bond acceptors (Lipinski definition) is 5.